The summed E-state index contributed by atoms with van der Waals surface area (Å²) in [6.45, 7) is 0. The van der Waals surface area contributed by atoms with Crippen molar-refractivity contribution >= 4 is 17.2 Å². The lowest BCUT2D eigenvalue weighted by Gasteiger charge is -2.00. The molecule has 2 heterocycles. The molecule has 0 spiro atoms. The second kappa shape index (κ2) is 4.18. The van der Waals surface area contributed by atoms with Gasteiger partial charge in [0, 0.05) is 19.4 Å². The van der Waals surface area contributed by atoms with Crippen molar-refractivity contribution in [1.82, 2.24) is 15.3 Å². The van der Waals surface area contributed by atoms with Crippen LogP contribution < -0.4 is 5.32 Å². The number of thiophene rings is 1. The normalized spacial score (nSPS) is 9.93. The highest BCUT2D eigenvalue weighted by Crippen LogP contribution is 2.25. The lowest BCUT2D eigenvalue weighted by molar-refractivity contribution is 0.0964. The van der Waals surface area contributed by atoms with Crippen LogP contribution in [0.5, 0.6) is 0 Å². The zero-order valence-electron chi connectivity index (χ0n) is 8.10. The van der Waals surface area contributed by atoms with Crippen molar-refractivity contribution in [2.24, 2.45) is 0 Å². The molecule has 0 aliphatic heterocycles. The van der Waals surface area contributed by atoms with Crippen molar-refractivity contribution in [3.05, 3.63) is 35.5 Å². The van der Waals surface area contributed by atoms with Gasteiger partial charge in [-0.3, -0.25) is 4.79 Å². The molecule has 4 nitrogen and oxygen atoms in total. The Morgan fingerprint density at radius 1 is 1.40 bits per heavy atom. The quantitative estimate of drug-likeness (QED) is 0.834. The van der Waals surface area contributed by atoms with Crippen molar-refractivity contribution in [3.8, 4) is 10.7 Å². The van der Waals surface area contributed by atoms with Crippen LogP contribution in [0.4, 0.5) is 0 Å². The molecule has 15 heavy (non-hydrogen) atoms. The maximum absolute atomic E-state index is 11.5. The van der Waals surface area contributed by atoms with E-state index in [1.54, 1.807) is 31.6 Å². The maximum Gasteiger partial charge on any atom is 0.252 e. The van der Waals surface area contributed by atoms with Crippen LogP contribution in [0.3, 0.4) is 0 Å². The van der Waals surface area contributed by atoms with E-state index in [1.807, 2.05) is 5.38 Å². The van der Waals surface area contributed by atoms with Gasteiger partial charge in [-0.15, -0.1) is 11.3 Å². The molecule has 0 aliphatic carbocycles. The Labute approximate surface area is 91.0 Å². The minimum Gasteiger partial charge on any atom is -0.355 e. The molecular weight excluding hydrogens is 210 g/mol. The fourth-order valence-corrected chi connectivity index (χ4v) is 2.05. The highest BCUT2D eigenvalue weighted by atomic mass is 32.1. The molecule has 2 aromatic rings. The van der Waals surface area contributed by atoms with Crippen molar-refractivity contribution in [2.75, 3.05) is 7.05 Å². The highest BCUT2D eigenvalue weighted by Gasteiger charge is 2.14. The van der Waals surface area contributed by atoms with Crippen LogP contribution in [0, 0.1) is 0 Å². The van der Waals surface area contributed by atoms with Gasteiger partial charge in [-0.25, -0.2) is 9.97 Å². The fraction of sp³-hybridized carbons (Fsp3) is 0.100. The van der Waals surface area contributed by atoms with Gasteiger partial charge in [-0.1, -0.05) is 0 Å². The lowest BCUT2D eigenvalue weighted by Crippen LogP contribution is -2.17. The topological polar surface area (TPSA) is 54.9 Å². The highest BCUT2D eigenvalue weighted by molar-refractivity contribution is 7.13. The number of amides is 1. The molecule has 0 unspecified atom stereocenters. The Hall–Kier alpha value is -1.75. The van der Waals surface area contributed by atoms with Crippen LogP contribution in [0.25, 0.3) is 10.7 Å². The summed E-state index contributed by atoms with van der Waals surface area (Å²) in [4.78, 5) is 20.5. The predicted octanol–water partition coefficient (Wildman–Crippen LogP) is 1.56. The Balaban J connectivity index is 2.46. The van der Waals surface area contributed by atoms with Crippen molar-refractivity contribution < 1.29 is 4.79 Å². The van der Waals surface area contributed by atoms with E-state index in [9.17, 15) is 4.79 Å². The van der Waals surface area contributed by atoms with Gasteiger partial charge < -0.3 is 5.32 Å². The molecule has 1 N–H and O–H groups in total. The summed E-state index contributed by atoms with van der Waals surface area (Å²) in [7, 11) is 1.61. The minimum absolute atomic E-state index is 0.112. The molecule has 76 valence electrons. The summed E-state index contributed by atoms with van der Waals surface area (Å²) in [6.07, 6.45) is 3.32. The molecule has 0 saturated heterocycles. The van der Waals surface area contributed by atoms with E-state index in [4.69, 9.17) is 0 Å². The summed E-state index contributed by atoms with van der Waals surface area (Å²) < 4.78 is 0. The molecule has 2 aromatic heterocycles. The molecule has 2 rings (SSSR count). The fourth-order valence-electron chi connectivity index (χ4n) is 1.21. The van der Waals surface area contributed by atoms with Crippen LogP contribution in [0.1, 0.15) is 10.4 Å². The zero-order valence-corrected chi connectivity index (χ0v) is 8.91. The number of carbonyl (C=O) groups is 1. The van der Waals surface area contributed by atoms with Gasteiger partial charge in [0.2, 0.25) is 0 Å². The summed E-state index contributed by atoms with van der Waals surface area (Å²) in [6, 6.07) is 3.52. The monoisotopic (exact) mass is 219 g/mol. The number of hydrogen-bond donors (Lipinski definition) is 1. The first kappa shape index (κ1) is 9.79. The van der Waals surface area contributed by atoms with Crippen LogP contribution in [-0.2, 0) is 0 Å². The lowest BCUT2D eigenvalue weighted by atomic mass is 10.2. The third-order valence-corrected chi connectivity index (χ3v) is 2.82. The largest absolute Gasteiger partial charge is 0.355 e. The molecule has 0 aromatic carbocycles. The van der Waals surface area contributed by atoms with E-state index >= 15 is 0 Å². The van der Waals surface area contributed by atoms with Crippen molar-refractivity contribution in [1.29, 1.82) is 0 Å². The predicted molar refractivity (Wildman–Crippen MR) is 58.7 cm³/mol. The van der Waals surface area contributed by atoms with Crippen molar-refractivity contribution in [3.63, 3.8) is 0 Å². The average Bonchev–Trinajstić information content (AvgIpc) is 2.78. The Morgan fingerprint density at radius 3 is 2.80 bits per heavy atom. The molecule has 0 fully saturated rings. The van der Waals surface area contributed by atoms with Gasteiger partial charge in [-0.2, -0.15) is 0 Å². The molecule has 0 atom stereocenters. The number of carbonyl (C=O) groups excluding carboxylic acids is 1. The standard InChI is InChI=1S/C10H9N3OS/c1-11-10(14)7-3-6-15-8(7)9-12-4-2-5-13-9/h2-6H,1H3,(H,11,14). The Morgan fingerprint density at radius 2 is 2.13 bits per heavy atom. The maximum atomic E-state index is 11.5. The van der Waals surface area contributed by atoms with Crippen LogP contribution in [-0.4, -0.2) is 22.9 Å². The van der Waals surface area contributed by atoms with Crippen LogP contribution >= 0.6 is 11.3 Å². The van der Waals surface area contributed by atoms with Crippen molar-refractivity contribution in [2.45, 2.75) is 0 Å². The molecule has 5 heteroatoms. The number of aromatic nitrogens is 2. The first-order valence-electron chi connectivity index (χ1n) is 4.40. The van der Waals surface area contributed by atoms with E-state index in [1.165, 1.54) is 11.3 Å². The molecule has 0 radical (unpaired) electrons. The van der Waals surface area contributed by atoms with Gasteiger partial charge in [-0.05, 0) is 17.5 Å². The summed E-state index contributed by atoms with van der Waals surface area (Å²) in [5, 5.41) is 4.45. The first-order chi connectivity index (χ1) is 7.33. The third-order valence-electron chi connectivity index (χ3n) is 1.91. The smallest absolute Gasteiger partial charge is 0.252 e. The van der Waals surface area contributed by atoms with Crippen LogP contribution in [0.15, 0.2) is 29.9 Å². The SMILES string of the molecule is CNC(=O)c1ccsc1-c1ncccn1. The number of nitrogens with one attached hydrogen (secondary N) is 1. The second-order valence-electron chi connectivity index (χ2n) is 2.81. The Kier molecular flexibility index (Phi) is 2.73. The summed E-state index contributed by atoms with van der Waals surface area (Å²) in [5.74, 6) is 0.477. The first-order valence-corrected chi connectivity index (χ1v) is 5.28. The number of rotatable bonds is 2. The Bertz CT molecular complexity index is 467. The van der Waals surface area contributed by atoms with E-state index in [0.29, 0.717) is 11.4 Å². The second-order valence-corrected chi connectivity index (χ2v) is 3.73. The minimum atomic E-state index is -0.112. The van der Waals surface area contributed by atoms with Crippen LogP contribution in [0.2, 0.25) is 0 Å². The third kappa shape index (κ3) is 1.87. The number of nitrogens with zero attached hydrogens (tertiary/aromatic N) is 2. The van der Waals surface area contributed by atoms with E-state index < -0.39 is 0 Å². The van der Waals surface area contributed by atoms with E-state index in [0.717, 1.165) is 4.88 Å². The molecular formula is C10H9N3OS. The molecule has 0 bridgehead atoms. The molecule has 0 aliphatic rings. The molecule has 1 amide bonds. The van der Waals surface area contributed by atoms with Gasteiger partial charge in [0.15, 0.2) is 5.82 Å². The van der Waals surface area contributed by atoms with Gasteiger partial charge in [0.05, 0.1) is 10.4 Å². The van der Waals surface area contributed by atoms with Gasteiger partial charge >= 0.3 is 0 Å². The van der Waals surface area contributed by atoms with E-state index in [-0.39, 0.29) is 5.91 Å². The zero-order chi connectivity index (χ0) is 10.7. The van der Waals surface area contributed by atoms with Gasteiger partial charge in [0.25, 0.3) is 5.91 Å². The van der Waals surface area contributed by atoms with Gasteiger partial charge in [0.1, 0.15) is 0 Å². The average molecular weight is 219 g/mol. The summed E-state index contributed by atoms with van der Waals surface area (Å²) >= 11 is 1.46. The number of hydrogen-bond acceptors (Lipinski definition) is 4. The summed E-state index contributed by atoms with van der Waals surface area (Å²) in [5.41, 5.74) is 0.619. The molecule has 0 saturated carbocycles. The van der Waals surface area contributed by atoms with E-state index in [2.05, 4.69) is 15.3 Å².